The first-order valence-corrected chi connectivity index (χ1v) is 12.5. The summed E-state index contributed by atoms with van der Waals surface area (Å²) in [6.07, 6.45) is -2.59. The molecule has 0 aliphatic rings. The van der Waals surface area contributed by atoms with Crippen molar-refractivity contribution in [3.63, 3.8) is 0 Å². The van der Waals surface area contributed by atoms with Crippen molar-refractivity contribution in [1.29, 1.82) is 0 Å². The van der Waals surface area contributed by atoms with Gasteiger partial charge in [0.1, 0.15) is 8.07 Å². The summed E-state index contributed by atoms with van der Waals surface area (Å²) in [5.74, 6) is -0.220. The highest BCUT2D eigenvalue weighted by molar-refractivity contribution is 6.99. The molecule has 0 aromatic heterocycles. The molecule has 0 heterocycles. The minimum absolute atomic E-state index is 0.104. The highest BCUT2D eigenvalue weighted by atomic mass is 28.3. The van der Waals surface area contributed by atoms with E-state index in [4.69, 9.17) is 4.84 Å². The third-order valence-electron chi connectivity index (χ3n) is 5.95. The van der Waals surface area contributed by atoms with E-state index in [1.54, 1.807) is 6.08 Å². The Kier molecular flexibility index (Phi) is 9.15. The van der Waals surface area contributed by atoms with Crippen LogP contribution in [0.4, 0.5) is 13.2 Å². The zero-order valence-corrected chi connectivity index (χ0v) is 20.2. The minimum atomic E-state index is -4.38. The fraction of sp³-hybridized carbons (Fsp3) is 0.565. The topological polar surface area (TPSA) is 29.5 Å². The summed E-state index contributed by atoms with van der Waals surface area (Å²) in [7, 11) is 0.718. The second-order valence-electron chi connectivity index (χ2n) is 8.47. The number of alkyl halides is 3. The molecule has 1 aromatic carbocycles. The first-order chi connectivity index (χ1) is 13.8. The molecule has 0 radical (unpaired) electrons. The molecule has 0 aliphatic carbocycles. The number of hydrogen-bond acceptors (Lipinski definition) is 2. The molecule has 0 saturated heterocycles. The number of rotatable bonds is 8. The lowest BCUT2D eigenvalue weighted by molar-refractivity contribution is -0.167. The van der Waals surface area contributed by atoms with Crippen molar-refractivity contribution in [3.05, 3.63) is 47.2 Å². The van der Waals surface area contributed by atoms with Gasteiger partial charge in [-0.15, -0.1) is 5.73 Å². The molecular formula is C23H34F3NO2Si. The number of carbonyl (C=O) groups excluding carboxylic acids is 1. The molecule has 0 fully saturated rings. The van der Waals surface area contributed by atoms with Gasteiger partial charge in [0.2, 0.25) is 5.91 Å². The molecule has 1 aromatic rings. The molecule has 7 heteroatoms. The lowest BCUT2D eigenvalue weighted by atomic mass is 10.1. The molecule has 0 bridgehead atoms. The van der Waals surface area contributed by atoms with Crippen LogP contribution in [-0.4, -0.2) is 33.2 Å². The van der Waals surface area contributed by atoms with Crippen LogP contribution in [-0.2, 0) is 15.8 Å². The number of hydrogen-bond donors (Lipinski definition) is 0. The Bertz CT molecular complexity index is 755. The Hall–Kier alpha value is -1.82. The van der Waals surface area contributed by atoms with Crippen molar-refractivity contribution in [1.82, 2.24) is 5.06 Å². The van der Waals surface area contributed by atoms with Crippen LogP contribution in [0, 0.1) is 0 Å². The van der Waals surface area contributed by atoms with Crippen molar-refractivity contribution < 1.29 is 22.8 Å². The van der Waals surface area contributed by atoms with Crippen molar-refractivity contribution in [3.8, 4) is 0 Å². The van der Waals surface area contributed by atoms with Gasteiger partial charge < -0.3 is 0 Å². The third kappa shape index (κ3) is 5.65. The molecule has 30 heavy (non-hydrogen) atoms. The van der Waals surface area contributed by atoms with E-state index in [0.29, 0.717) is 16.6 Å². The summed E-state index contributed by atoms with van der Waals surface area (Å²) in [5, 5.41) is 2.11. The van der Waals surface area contributed by atoms with Crippen molar-refractivity contribution >= 4 is 19.2 Å². The van der Waals surface area contributed by atoms with E-state index >= 15 is 0 Å². The van der Waals surface area contributed by atoms with Gasteiger partial charge >= 0.3 is 6.18 Å². The standard InChI is InChI=1S/C23H34F3NO2Si/c1-16(2)30(17(3)4,18(5)6)21(10-9-11-22(28)27(7)29-8)19-12-14-20(15-13-19)23(24,25)26/h9,12-18H,11H2,1-8H3. The first kappa shape index (κ1) is 26.2. The van der Waals surface area contributed by atoms with Crippen LogP contribution in [0.3, 0.4) is 0 Å². The molecule has 1 rings (SSSR count). The largest absolute Gasteiger partial charge is 0.416 e. The quantitative estimate of drug-likeness (QED) is 0.250. The van der Waals surface area contributed by atoms with Crippen LogP contribution < -0.4 is 0 Å². The summed E-state index contributed by atoms with van der Waals surface area (Å²) in [5.41, 5.74) is 4.46. The van der Waals surface area contributed by atoms with Gasteiger partial charge in [-0.25, -0.2) is 5.06 Å². The maximum atomic E-state index is 13.1. The normalized spacial score (nSPS) is 12.3. The van der Waals surface area contributed by atoms with Gasteiger partial charge in [0.05, 0.1) is 19.1 Å². The lowest BCUT2D eigenvalue weighted by Gasteiger charge is -2.44. The Labute approximate surface area is 179 Å². The van der Waals surface area contributed by atoms with E-state index in [1.165, 1.54) is 26.3 Å². The highest BCUT2D eigenvalue weighted by Gasteiger charge is 2.46. The fourth-order valence-corrected chi connectivity index (χ4v) is 11.4. The number of nitrogens with zero attached hydrogens (tertiary/aromatic N) is 1. The number of benzene rings is 1. The van der Waals surface area contributed by atoms with Gasteiger partial charge in [-0.1, -0.05) is 53.7 Å². The van der Waals surface area contributed by atoms with Gasteiger partial charge in [0, 0.05) is 7.05 Å². The SMILES string of the molecule is CON(C)C(=O)CC=C=C(c1ccc(C(F)(F)F)cc1)[Si](C(C)C)(C(C)C)C(C)C. The Morgan fingerprint density at radius 2 is 1.53 bits per heavy atom. The summed E-state index contributed by atoms with van der Waals surface area (Å²) in [4.78, 5) is 17.0. The Morgan fingerprint density at radius 1 is 1.07 bits per heavy atom. The van der Waals surface area contributed by atoms with E-state index in [2.05, 4.69) is 47.3 Å². The average molecular weight is 442 g/mol. The number of hydroxylamine groups is 2. The van der Waals surface area contributed by atoms with Crippen LogP contribution in [0.15, 0.2) is 36.1 Å². The summed E-state index contributed by atoms with van der Waals surface area (Å²) >= 11 is 0. The van der Waals surface area contributed by atoms with Crippen molar-refractivity contribution in [2.45, 2.75) is 70.8 Å². The van der Waals surface area contributed by atoms with Gasteiger partial charge in [-0.05, 0) is 45.6 Å². The van der Waals surface area contributed by atoms with Crippen LogP contribution >= 0.6 is 0 Å². The molecule has 1 amide bonds. The van der Waals surface area contributed by atoms with Gasteiger partial charge in [0.25, 0.3) is 0 Å². The predicted molar refractivity (Wildman–Crippen MR) is 118 cm³/mol. The maximum Gasteiger partial charge on any atom is 0.416 e. The molecule has 0 N–H and O–H groups in total. The van der Waals surface area contributed by atoms with Crippen molar-refractivity contribution in [2.75, 3.05) is 14.2 Å². The van der Waals surface area contributed by atoms with E-state index in [-0.39, 0.29) is 12.3 Å². The lowest BCUT2D eigenvalue weighted by Crippen LogP contribution is -2.45. The van der Waals surface area contributed by atoms with Gasteiger partial charge in [0.15, 0.2) is 0 Å². The number of amides is 1. The summed E-state index contributed by atoms with van der Waals surface area (Å²) in [6.45, 7) is 13.1. The van der Waals surface area contributed by atoms with Crippen LogP contribution in [0.1, 0.15) is 59.1 Å². The van der Waals surface area contributed by atoms with Gasteiger partial charge in [-0.2, -0.15) is 13.2 Å². The second kappa shape index (κ2) is 10.5. The molecule has 0 aliphatic heterocycles. The second-order valence-corrected chi connectivity index (χ2v) is 14.3. The van der Waals surface area contributed by atoms with Crippen molar-refractivity contribution in [2.24, 2.45) is 0 Å². The predicted octanol–water partition coefficient (Wildman–Crippen LogP) is 6.87. The molecule has 0 spiro atoms. The molecule has 0 saturated carbocycles. The van der Waals surface area contributed by atoms with E-state index in [1.807, 2.05) is 0 Å². The smallest absolute Gasteiger partial charge is 0.275 e. The van der Waals surface area contributed by atoms with Crippen LogP contribution in [0.2, 0.25) is 16.6 Å². The van der Waals surface area contributed by atoms with E-state index in [0.717, 1.165) is 28.0 Å². The highest BCUT2D eigenvalue weighted by Crippen LogP contribution is 2.49. The monoisotopic (exact) mass is 441 g/mol. The van der Waals surface area contributed by atoms with E-state index in [9.17, 15) is 18.0 Å². The summed E-state index contributed by atoms with van der Waals surface area (Å²) < 4.78 is 39.2. The first-order valence-electron chi connectivity index (χ1n) is 10.2. The Morgan fingerprint density at radius 3 is 1.90 bits per heavy atom. The zero-order valence-electron chi connectivity index (χ0n) is 19.2. The fourth-order valence-electron chi connectivity index (χ4n) is 4.62. The minimum Gasteiger partial charge on any atom is -0.275 e. The van der Waals surface area contributed by atoms with Gasteiger partial charge in [-0.3, -0.25) is 9.63 Å². The molecule has 3 nitrogen and oxygen atoms in total. The Balaban J connectivity index is 3.67. The zero-order chi connectivity index (χ0) is 23.3. The third-order valence-corrected chi connectivity index (χ3v) is 13.0. The molecule has 0 atom stereocenters. The summed E-state index contributed by atoms with van der Waals surface area (Å²) in [6, 6.07) is 5.33. The molecule has 168 valence electrons. The number of carbonyl (C=O) groups is 1. The average Bonchev–Trinajstić information content (AvgIpc) is 2.64. The van der Waals surface area contributed by atoms with Crippen LogP contribution in [0.25, 0.3) is 5.20 Å². The molecule has 0 unspecified atom stereocenters. The maximum absolute atomic E-state index is 13.1. The van der Waals surface area contributed by atoms with E-state index < -0.39 is 19.8 Å². The number of halogens is 3. The van der Waals surface area contributed by atoms with Crippen LogP contribution in [0.5, 0.6) is 0 Å². The molecular weight excluding hydrogens is 407 g/mol.